The van der Waals surface area contributed by atoms with Gasteiger partial charge < -0.3 is 0 Å². The lowest BCUT2D eigenvalue weighted by molar-refractivity contribution is 0.562. The van der Waals surface area contributed by atoms with Crippen LogP contribution in [0.25, 0.3) is 0 Å². The molecule has 0 radical (unpaired) electrons. The average molecular weight is 182 g/mol. The highest BCUT2D eigenvalue weighted by Crippen LogP contribution is 2.51. The van der Waals surface area contributed by atoms with Crippen LogP contribution in [0.3, 0.4) is 0 Å². The van der Waals surface area contributed by atoms with Gasteiger partial charge in [0.05, 0.1) is 0 Å². The van der Waals surface area contributed by atoms with E-state index in [4.69, 9.17) is 0 Å². The molecule has 0 nitrogen and oxygen atoms in total. The van der Waals surface area contributed by atoms with Crippen molar-refractivity contribution in [3.63, 3.8) is 0 Å². The predicted octanol–water partition coefficient (Wildman–Crippen LogP) is 3.71. The Balaban J connectivity index is 2.25. The lowest BCUT2D eigenvalue weighted by atomic mass is 9.68. The number of rotatable bonds is 0. The third-order valence-electron chi connectivity index (χ3n) is 3.70. The van der Waals surface area contributed by atoms with Crippen LogP contribution in [0, 0.1) is 5.41 Å². The van der Waals surface area contributed by atoms with Crippen molar-refractivity contribution in [2.24, 2.45) is 5.41 Å². The summed E-state index contributed by atoms with van der Waals surface area (Å²) in [5, 5.41) is 0. The second kappa shape index (κ2) is 2.60. The summed E-state index contributed by atoms with van der Waals surface area (Å²) in [4.78, 5) is 0. The fraction of sp³-hybridized carbons (Fsp3) is 0.286. The second-order valence-corrected chi connectivity index (χ2v) is 4.36. The van der Waals surface area contributed by atoms with E-state index in [-0.39, 0.29) is 5.41 Å². The van der Waals surface area contributed by atoms with Crippen LogP contribution in [0.2, 0.25) is 0 Å². The number of hydrogen-bond acceptors (Lipinski definition) is 0. The van der Waals surface area contributed by atoms with Crippen molar-refractivity contribution in [3.8, 4) is 0 Å². The van der Waals surface area contributed by atoms with Gasteiger partial charge in [0.1, 0.15) is 0 Å². The first-order valence-electron chi connectivity index (χ1n) is 5.29. The molecule has 1 unspecified atom stereocenters. The average Bonchev–Trinajstić information content (AvgIpc) is 2.39. The zero-order valence-electron chi connectivity index (χ0n) is 8.46. The van der Waals surface area contributed by atoms with Crippen LogP contribution < -0.4 is 0 Å². The first-order valence-corrected chi connectivity index (χ1v) is 5.29. The molecule has 0 amide bonds. The largest absolute Gasteiger partial charge is 0.0798 e. The maximum Gasteiger partial charge on any atom is 0.0382 e. The molecule has 0 bridgehead atoms. The third-order valence-corrected chi connectivity index (χ3v) is 3.70. The van der Waals surface area contributed by atoms with Crippen molar-refractivity contribution < 1.29 is 0 Å². The van der Waals surface area contributed by atoms with E-state index in [1.165, 1.54) is 24.0 Å². The smallest absolute Gasteiger partial charge is 0.0382 e. The minimum absolute atomic E-state index is 0.196. The van der Waals surface area contributed by atoms with Crippen LogP contribution >= 0.6 is 0 Å². The normalized spacial score (nSPS) is 33.1. The summed E-state index contributed by atoms with van der Waals surface area (Å²) in [6.07, 6.45) is 18.2. The maximum atomic E-state index is 2.39. The molecule has 0 aromatic rings. The SMILES string of the molecule is CC12C3=CC=C1CCC=C2C=CC=C3. The van der Waals surface area contributed by atoms with Gasteiger partial charge in [-0.1, -0.05) is 48.1 Å². The summed E-state index contributed by atoms with van der Waals surface area (Å²) < 4.78 is 0. The van der Waals surface area contributed by atoms with Gasteiger partial charge in [-0.2, -0.15) is 0 Å². The van der Waals surface area contributed by atoms with E-state index in [1.807, 2.05) is 0 Å². The number of hydrogen-bond donors (Lipinski definition) is 0. The van der Waals surface area contributed by atoms with Gasteiger partial charge >= 0.3 is 0 Å². The van der Waals surface area contributed by atoms with Crippen molar-refractivity contribution in [1.29, 1.82) is 0 Å². The molecular weight excluding hydrogens is 168 g/mol. The molecule has 1 atom stereocenters. The summed E-state index contributed by atoms with van der Waals surface area (Å²) in [5.41, 5.74) is 4.70. The van der Waals surface area contributed by atoms with E-state index in [1.54, 1.807) is 5.57 Å². The lowest BCUT2D eigenvalue weighted by Crippen LogP contribution is -2.23. The summed E-state index contributed by atoms with van der Waals surface area (Å²) in [6, 6.07) is 0. The van der Waals surface area contributed by atoms with Gasteiger partial charge in [-0.25, -0.2) is 0 Å². The van der Waals surface area contributed by atoms with Gasteiger partial charge in [-0.05, 0) is 30.9 Å². The number of allylic oxidation sites excluding steroid dienone is 10. The van der Waals surface area contributed by atoms with Crippen molar-refractivity contribution in [1.82, 2.24) is 0 Å². The monoisotopic (exact) mass is 182 g/mol. The Morgan fingerprint density at radius 2 is 1.86 bits per heavy atom. The zero-order chi connectivity index (χ0) is 9.60. The first-order chi connectivity index (χ1) is 6.82. The summed E-state index contributed by atoms with van der Waals surface area (Å²) in [5.74, 6) is 0. The van der Waals surface area contributed by atoms with E-state index >= 15 is 0 Å². The lowest BCUT2D eigenvalue weighted by Gasteiger charge is -2.35. The van der Waals surface area contributed by atoms with E-state index < -0.39 is 0 Å². The van der Waals surface area contributed by atoms with Gasteiger partial charge in [-0.3, -0.25) is 0 Å². The fourth-order valence-electron chi connectivity index (χ4n) is 2.76. The summed E-state index contributed by atoms with van der Waals surface area (Å²) in [7, 11) is 0. The summed E-state index contributed by atoms with van der Waals surface area (Å²) >= 11 is 0. The van der Waals surface area contributed by atoms with Crippen LogP contribution in [0.15, 0.2) is 59.3 Å². The van der Waals surface area contributed by atoms with Gasteiger partial charge in [-0.15, -0.1) is 0 Å². The molecule has 0 aliphatic heterocycles. The Labute approximate surface area is 85.0 Å². The zero-order valence-corrected chi connectivity index (χ0v) is 8.46. The Morgan fingerprint density at radius 3 is 2.71 bits per heavy atom. The van der Waals surface area contributed by atoms with Gasteiger partial charge in [0.25, 0.3) is 0 Å². The molecule has 3 aliphatic carbocycles. The molecular formula is C14H14. The van der Waals surface area contributed by atoms with Crippen LogP contribution in [-0.4, -0.2) is 0 Å². The Morgan fingerprint density at radius 1 is 1.07 bits per heavy atom. The van der Waals surface area contributed by atoms with Gasteiger partial charge in [0.2, 0.25) is 0 Å². The second-order valence-electron chi connectivity index (χ2n) is 4.36. The minimum atomic E-state index is 0.196. The van der Waals surface area contributed by atoms with Crippen molar-refractivity contribution in [2.45, 2.75) is 19.8 Å². The van der Waals surface area contributed by atoms with Crippen LogP contribution in [-0.2, 0) is 0 Å². The van der Waals surface area contributed by atoms with Crippen LogP contribution in [0.4, 0.5) is 0 Å². The first kappa shape index (κ1) is 8.05. The van der Waals surface area contributed by atoms with Crippen molar-refractivity contribution >= 4 is 0 Å². The predicted molar refractivity (Wildman–Crippen MR) is 59.9 cm³/mol. The van der Waals surface area contributed by atoms with E-state index in [9.17, 15) is 0 Å². The highest BCUT2D eigenvalue weighted by molar-refractivity contribution is 5.58. The van der Waals surface area contributed by atoms with E-state index in [2.05, 4.69) is 49.5 Å². The Kier molecular flexibility index (Phi) is 1.49. The molecule has 3 aliphatic rings. The molecule has 0 aromatic carbocycles. The maximum absolute atomic E-state index is 2.39. The quantitative estimate of drug-likeness (QED) is 0.535. The molecule has 0 heteroatoms. The van der Waals surface area contributed by atoms with Crippen molar-refractivity contribution in [2.75, 3.05) is 0 Å². The fourth-order valence-corrected chi connectivity index (χ4v) is 2.76. The molecule has 0 spiro atoms. The van der Waals surface area contributed by atoms with Gasteiger partial charge in [0, 0.05) is 5.41 Å². The molecule has 70 valence electrons. The topological polar surface area (TPSA) is 0 Å². The summed E-state index contributed by atoms with van der Waals surface area (Å²) in [6.45, 7) is 2.35. The molecule has 0 aromatic heterocycles. The molecule has 0 N–H and O–H groups in total. The minimum Gasteiger partial charge on any atom is -0.0798 e. The molecule has 0 fully saturated rings. The Hall–Kier alpha value is -1.30. The molecule has 0 saturated heterocycles. The molecule has 14 heavy (non-hydrogen) atoms. The highest BCUT2D eigenvalue weighted by Gasteiger charge is 2.39. The Bertz CT molecular complexity index is 427. The third kappa shape index (κ3) is 0.836. The molecule has 0 heterocycles. The standard InChI is InChI=1S/C14H14/c1-14-11-5-2-3-6-12(14)9-10-13(14)8-4-7-11/h2-3,5-7,9-10H,4,8H2,1H3. The van der Waals surface area contributed by atoms with Gasteiger partial charge in [0.15, 0.2) is 0 Å². The molecule has 0 saturated carbocycles. The van der Waals surface area contributed by atoms with E-state index in [0.717, 1.165) is 0 Å². The van der Waals surface area contributed by atoms with Crippen LogP contribution in [0.1, 0.15) is 19.8 Å². The van der Waals surface area contributed by atoms with E-state index in [0.29, 0.717) is 0 Å². The molecule has 3 rings (SSSR count). The van der Waals surface area contributed by atoms with Crippen molar-refractivity contribution in [3.05, 3.63) is 59.3 Å². The van der Waals surface area contributed by atoms with Crippen LogP contribution in [0.5, 0.6) is 0 Å². The highest BCUT2D eigenvalue weighted by atomic mass is 14.4.